The van der Waals surface area contributed by atoms with Crippen LogP contribution in [0.4, 0.5) is 0 Å². The van der Waals surface area contributed by atoms with E-state index in [1.807, 2.05) is 0 Å². The average Bonchev–Trinajstić information content (AvgIpc) is 2.97. The van der Waals surface area contributed by atoms with Crippen LogP contribution < -0.4 is 5.32 Å². The number of rotatable bonds is 11. The highest BCUT2D eigenvalue weighted by molar-refractivity contribution is 4.88. The molecule has 1 heterocycles. The molecule has 1 aliphatic rings. The zero-order chi connectivity index (χ0) is 11.6. The summed E-state index contributed by atoms with van der Waals surface area (Å²) in [5.41, 5.74) is 0. The lowest BCUT2D eigenvalue weighted by Crippen LogP contribution is -1.92. The topological polar surface area (TPSA) is 42.2 Å². The van der Waals surface area contributed by atoms with Gasteiger partial charge in [0, 0.05) is 6.04 Å². The van der Waals surface area contributed by atoms with Crippen LogP contribution >= 0.6 is 0 Å². The normalized spacial score (nSPS) is 23.6. The molecule has 0 bridgehead atoms. The average molecular weight is 227 g/mol. The summed E-state index contributed by atoms with van der Waals surface area (Å²) >= 11 is 0. The van der Waals surface area contributed by atoms with Gasteiger partial charge in [-0.15, -0.1) is 0 Å². The standard InChI is InChI=1S/C14H29NO/c1-2-3-4-5-6-7-8-9-10-11-12-13-14(16)15-13/h13-16H,2-12H2,1H3/t13-,14-/m1/s1. The zero-order valence-electron chi connectivity index (χ0n) is 10.9. The molecule has 2 heteroatoms. The van der Waals surface area contributed by atoms with Crippen LogP contribution in [0.15, 0.2) is 0 Å². The number of unbranched alkanes of at least 4 members (excludes halogenated alkanes) is 9. The second kappa shape index (κ2) is 9.00. The van der Waals surface area contributed by atoms with Gasteiger partial charge in [-0.3, -0.25) is 5.32 Å². The molecule has 0 aromatic heterocycles. The molecular formula is C14H29NO. The maximum Gasteiger partial charge on any atom is 0.120 e. The molecule has 0 aliphatic carbocycles. The van der Waals surface area contributed by atoms with E-state index in [9.17, 15) is 0 Å². The molecule has 0 spiro atoms. The van der Waals surface area contributed by atoms with Crippen molar-refractivity contribution >= 4 is 0 Å². The molecule has 1 rings (SSSR count). The third-order valence-corrected chi connectivity index (χ3v) is 3.53. The zero-order valence-corrected chi connectivity index (χ0v) is 10.9. The van der Waals surface area contributed by atoms with Gasteiger partial charge in [-0.1, -0.05) is 71.1 Å². The highest BCUT2D eigenvalue weighted by Gasteiger charge is 2.32. The van der Waals surface area contributed by atoms with Crippen molar-refractivity contribution in [3.8, 4) is 0 Å². The van der Waals surface area contributed by atoms with Crippen molar-refractivity contribution in [3.05, 3.63) is 0 Å². The van der Waals surface area contributed by atoms with E-state index in [-0.39, 0.29) is 6.23 Å². The third-order valence-electron chi connectivity index (χ3n) is 3.53. The first-order chi connectivity index (χ1) is 7.84. The van der Waals surface area contributed by atoms with Crippen molar-refractivity contribution in [1.82, 2.24) is 5.32 Å². The fraction of sp³-hybridized carbons (Fsp3) is 1.00. The number of aliphatic hydroxyl groups is 1. The SMILES string of the molecule is CCCCCCCCCCCC[C@H]1N[C@@H]1O. The van der Waals surface area contributed by atoms with E-state index in [1.165, 1.54) is 64.2 Å². The Morgan fingerprint density at radius 1 is 0.812 bits per heavy atom. The van der Waals surface area contributed by atoms with Crippen molar-refractivity contribution in [1.29, 1.82) is 0 Å². The fourth-order valence-electron chi connectivity index (χ4n) is 2.26. The number of hydrogen-bond acceptors (Lipinski definition) is 2. The highest BCUT2D eigenvalue weighted by Crippen LogP contribution is 2.17. The monoisotopic (exact) mass is 227 g/mol. The molecular weight excluding hydrogens is 198 g/mol. The maximum atomic E-state index is 9.06. The van der Waals surface area contributed by atoms with Gasteiger partial charge in [-0.2, -0.15) is 0 Å². The molecule has 1 saturated heterocycles. The number of hydrogen-bond donors (Lipinski definition) is 2. The molecule has 2 atom stereocenters. The molecule has 2 N–H and O–H groups in total. The van der Waals surface area contributed by atoms with Crippen LogP contribution in [0.3, 0.4) is 0 Å². The molecule has 1 aliphatic heterocycles. The minimum absolute atomic E-state index is 0.182. The van der Waals surface area contributed by atoms with Crippen molar-refractivity contribution in [3.63, 3.8) is 0 Å². The minimum atomic E-state index is -0.182. The van der Waals surface area contributed by atoms with E-state index in [0.29, 0.717) is 6.04 Å². The molecule has 0 unspecified atom stereocenters. The van der Waals surface area contributed by atoms with Gasteiger partial charge in [0.15, 0.2) is 0 Å². The molecule has 0 amide bonds. The van der Waals surface area contributed by atoms with E-state index in [2.05, 4.69) is 12.2 Å². The van der Waals surface area contributed by atoms with Crippen LogP contribution in [0.25, 0.3) is 0 Å². The van der Waals surface area contributed by atoms with Crippen molar-refractivity contribution in [2.75, 3.05) is 0 Å². The van der Waals surface area contributed by atoms with Gasteiger partial charge in [0.25, 0.3) is 0 Å². The molecule has 0 radical (unpaired) electrons. The number of nitrogens with one attached hydrogen (secondary N) is 1. The summed E-state index contributed by atoms with van der Waals surface area (Å²) in [5, 5.41) is 12.1. The Morgan fingerprint density at radius 3 is 1.69 bits per heavy atom. The Kier molecular flexibility index (Phi) is 7.87. The summed E-state index contributed by atoms with van der Waals surface area (Å²) < 4.78 is 0. The molecule has 96 valence electrons. The molecule has 0 aromatic carbocycles. The van der Waals surface area contributed by atoms with Gasteiger partial charge >= 0.3 is 0 Å². The van der Waals surface area contributed by atoms with Crippen molar-refractivity contribution < 1.29 is 5.11 Å². The molecule has 2 nitrogen and oxygen atoms in total. The van der Waals surface area contributed by atoms with Crippen LogP contribution in [-0.4, -0.2) is 17.4 Å². The quantitative estimate of drug-likeness (QED) is 0.418. The summed E-state index contributed by atoms with van der Waals surface area (Å²) in [4.78, 5) is 0. The van der Waals surface area contributed by atoms with E-state index >= 15 is 0 Å². The lowest BCUT2D eigenvalue weighted by Gasteiger charge is -2.01. The Morgan fingerprint density at radius 2 is 1.25 bits per heavy atom. The van der Waals surface area contributed by atoms with Gasteiger partial charge in [0.2, 0.25) is 0 Å². The highest BCUT2D eigenvalue weighted by atomic mass is 16.3. The molecule has 16 heavy (non-hydrogen) atoms. The number of aliphatic hydroxyl groups excluding tert-OH is 1. The van der Waals surface area contributed by atoms with E-state index < -0.39 is 0 Å². The summed E-state index contributed by atoms with van der Waals surface area (Å²) in [6.45, 7) is 2.27. The summed E-state index contributed by atoms with van der Waals surface area (Å²) in [7, 11) is 0. The Bertz CT molecular complexity index is 161. The Balaban J connectivity index is 1.65. The third kappa shape index (κ3) is 7.24. The minimum Gasteiger partial charge on any atom is -0.377 e. The van der Waals surface area contributed by atoms with Gasteiger partial charge < -0.3 is 5.11 Å². The summed E-state index contributed by atoms with van der Waals surface area (Å²) in [5.74, 6) is 0. The smallest absolute Gasteiger partial charge is 0.120 e. The lowest BCUT2D eigenvalue weighted by atomic mass is 10.1. The maximum absolute atomic E-state index is 9.06. The second-order valence-corrected chi connectivity index (χ2v) is 5.19. The van der Waals surface area contributed by atoms with Crippen LogP contribution in [0.2, 0.25) is 0 Å². The van der Waals surface area contributed by atoms with Crippen LogP contribution in [0, 0.1) is 0 Å². The molecule has 1 fully saturated rings. The summed E-state index contributed by atoms with van der Waals surface area (Å²) in [6, 6.07) is 0.425. The first-order valence-corrected chi connectivity index (χ1v) is 7.28. The Hall–Kier alpha value is -0.0800. The van der Waals surface area contributed by atoms with Gasteiger partial charge in [0.05, 0.1) is 0 Å². The first kappa shape index (κ1) is 14.0. The van der Waals surface area contributed by atoms with E-state index in [4.69, 9.17) is 5.11 Å². The van der Waals surface area contributed by atoms with E-state index in [1.54, 1.807) is 0 Å². The predicted octanol–water partition coefficient (Wildman–Crippen LogP) is 3.59. The van der Waals surface area contributed by atoms with Crippen molar-refractivity contribution in [2.45, 2.75) is 89.8 Å². The van der Waals surface area contributed by atoms with Crippen LogP contribution in [-0.2, 0) is 0 Å². The largest absolute Gasteiger partial charge is 0.377 e. The van der Waals surface area contributed by atoms with Crippen molar-refractivity contribution in [2.24, 2.45) is 0 Å². The fourth-order valence-corrected chi connectivity index (χ4v) is 2.26. The van der Waals surface area contributed by atoms with Gasteiger partial charge in [-0.05, 0) is 6.42 Å². The van der Waals surface area contributed by atoms with Crippen LogP contribution in [0.1, 0.15) is 77.6 Å². The second-order valence-electron chi connectivity index (χ2n) is 5.19. The molecule has 0 saturated carbocycles. The Labute approximate surface area is 101 Å². The van der Waals surface area contributed by atoms with Crippen LogP contribution in [0.5, 0.6) is 0 Å². The lowest BCUT2D eigenvalue weighted by molar-refractivity contribution is 0.261. The summed E-state index contributed by atoms with van der Waals surface area (Å²) in [6.07, 6.45) is 14.9. The van der Waals surface area contributed by atoms with Gasteiger partial charge in [-0.25, -0.2) is 0 Å². The first-order valence-electron chi connectivity index (χ1n) is 7.28. The van der Waals surface area contributed by atoms with Gasteiger partial charge in [0.1, 0.15) is 6.23 Å². The van der Waals surface area contributed by atoms with E-state index in [0.717, 1.165) is 6.42 Å². The molecule has 0 aromatic rings. The predicted molar refractivity (Wildman–Crippen MR) is 69.4 cm³/mol.